The van der Waals surface area contributed by atoms with E-state index in [-0.39, 0.29) is 11.5 Å². The molecule has 326 valence electrons. The van der Waals surface area contributed by atoms with Gasteiger partial charge in [0.2, 0.25) is 0 Å². The van der Waals surface area contributed by atoms with Crippen LogP contribution in [0, 0.1) is 0 Å². The highest BCUT2D eigenvalue weighted by molar-refractivity contribution is 7.79. The van der Waals surface area contributed by atoms with E-state index in [1.54, 1.807) is 109 Å². The summed E-state index contributed by atoms with van der Waals surface area (Å²) in [6, 6.07) is 68.8. The van der Waals surface area contributed by atoms with Crippen LogP contribution in [0.5, 0.6) is 51.7 Å². The highest BCUT2D eigenvalue weighted by Gasteiger charge is 2.49. The number of phenolic OH excluding ortho intramolecular Hbond substituents is 1. The molecule has 0 saturated heterocycles. The maximum Gasteiger partial charge on any atom is 0.460 e. The van der Waals surface area contributed by atoms with E-state index < -0.39 is 30.6 Å². The molecule has 0 saturated carbocycles. The molecule has 1 unspecified atom stereocenters. The van der Waals surface area contributed by atoms with Gasteiger partial charge in [0.1, 0.15) is 51.7 Å². The van der Waals surface area contributed by atoms with Crippen LogP contribution in [-0.4, -0.2) is 5.11 Å². The van der Waals surface area contributed by atoms with E-state index >= 15 is 0 Å². The fourth-order valence-corrected chi connectivity index (χ4v) is 18.1. The van der Waals surface area contributed by atoms with Crippen molar-refractivity contribution in [2.45, 2.75) is 0 Å². The Kier molecular flexibility index (Phi) is 13.1. The third-order valence-corrected chi connectivity index (χ3v) is 19.6. The number of hydrogen-bond acceptors (Lipinski definition) is 13. The summed E-state index contributed by atoms with van der Waals surface area (Å²) in [5, 5.41) is 10.4. The Labute approximate surface area is 376 Å². The van der Waals surface area contributed by atoms with E-state index in [9.17, 15) is 5.11 Å². The number of rotatable bonds is 16. The molecule has 0 fully saturated rings. The maximum absolute atomic E-state index is 10.4. The van der Waals surface area contributed by atoms with Gasteiger partial charge in [-0.05, 0) is 109 Å². The van der Waals surface area contributed by atoms with E-state index in [4.69, 9.17) is 54.3 Å². The molecule has 8 aromatic carbocycles. The predicted octanol–water partition coefficient (Wildman–Crippen LogP) is 16.1. The number of benzene rings is 8. The van der Waals surface area contributed by atoms with Gasteiger partial charge < -0.3 is 41.3 Å². The first-order chi connectivity index (χ1) is 31.8. The molecule has 0 aromatic heterocycles. The molecule has 9 rings (SSSR count). The largest absolute Gasteiger partial charge is 0.508 e. The Morgan fingerprint density at radius 1 is 0.215 bits per heavy atom. The van der Waals surface area contributed by atoms with E-state index in [0.717, 1.165) is 0 Å². The van der Waals surface area contributed by atoms with Crippen molar-refractivity contribution < 1.29 is 41.3 Å². The van der Waals surface area contributed by atoms with Gasteiger partial charge in [0.15, 0.2) is 0 Å². The molecule has 1 aliphatic heterocycles. The molecule has 13 nitrogen and oxygen atoms in total. The third kappa shape index (κ3) is 11.3. The van der Waals surface area contributed by atoms with Crippen LogP contribution in [0.4, 0.5) is 0 Å². The molecule has 0 radical (unpaired) electrons. The van der Waals surface area contributed by atoms with Crippen molar-refractivity contribution in [3.8, 4) is 51.7 Å². The lowest BCUT2D eigenvalue weighted by Gasteiger charge is -2.33. The lowest BCUT2D eigenvalue weighted by Crippen LogP contribution is -2.11. The standard InChI is InChI=1S/C48H40N4O9P4/c53-40-36-38-48(39-37-40)61-65(60-47-34-20-7-21-35-47)51-63(56-43-26-12-3-13-27-43,57-44-28-14-4-15-29-44)49-62(54-41-22-8-1-9-23-41,55-42-24-10-2-11-25-42)50-64(52-65,58-45-30-16-5-17-31-45)59-46-32-18-6-19-33-46/h1-39,53H. The SMILES string of the molecule is Oc1ccc(OP2(Oc3ccccc3)=NP(Oc3ccccc3)(Oc3ccccc3)=NP(Oc3ccccc3)(Oc3ccccc3)=NP(Oc3ccccc3)(Oc3ccccc3)=N2)cc1. The number of para-hydroxylation sites is 7. The lowest BCUT2D eigenvalue weighted by molar-refractivity contribution is 0.442. The Morgan fingerprint density at radius 2 is 0.369 bits per heavy atom. The number of aromatic hydroxyl groups is 1. The van der Waals surface area contributed by atoms with Crippen LogP contribution in [0.1, 0.15) is 0 Å². The van der Waals surface area contributed by atoms with Crippen molar-refractivity contribution in [2.24, 2.45) is 18.1 Å². The van der Waals surface area contributed by atoms with Gasteiger partial charge in [-0.1, -0.05) is 145 Å². The molecule has 1 N–H and O–H groups in total. The van der Waals surface area contributed by atoms with E-state index in [2.05, 4.69) is 0 Å². The first-order valence-corrected chi connectivity index (χ1v) is 26.2. The molecule has 8 aromatic rings. The van der Waals surface area contributed by atoms with Crippen molar-refractivity contribution in [1.82, 2.24) is 0 Å². The van der Waals surface area contributed by atoms with Crippen molar-refractivity contribution in [3.63, 3.8) is 0 Å². The van der Waals surface area contributed by atoms with Crippen LogP contribution in [-0.2, 0) is 0 Å². The summed E-state index contributed by atoms with van der Waals surface area (Å²) in [5.41, 5.74) is 0. The molecule has 1 aliphatic rings. The molecule has 1 heterocycles. The van der Waals surface area contributed by atoms with Crippen LogP contribution >= 0.6 is 30.6 Å². The summed E-state index contributed by atoms with van der Waals surface area (Å²) in [7, 11) is -17.7. The quantitative estimate of drug-likeness (QED) is 0.0936. The summed E-state index contributed by atoms with van der Waals surface area (Å²) in [6.07, 6.45) is 0. The molecule has 65 heavy (non-hydrogen) atoms. The van der Waals surface area contributed by atoms with Gasteiger partial charge in [0.25, 0.3) is 0 Å². The van der Waals surface area contributed by atoms with Crippen molar-refractivity contribution >= 4 is 30.6 Å². The first kappa shape index (κ1) is 43.1. The molecule has 0 aliphatic carbocycles. The zero-order valence-corrected chi connectivity index (χ0v) is 37.9. The van der Waals surface area contributed by atoms with Gasteiger partial charge >= 0.3 is 30.6 Å². The monoisotopic (exact) mass is 940 g/mol. The Hall–Kier alpha value is -7.12. The Balaban J connectivity index is 1.48. The van der Waals surface area contributed by atoms with Crippen LogP contribution in [0.15, 0.2) is 255 Å². The average molecular weight is 941 g/mol. The van der Waals surface area contributed by atoms with Crippen LogP contribution in [0.25, 0.3) is 0 Å². The average Bonchev–Trinajstić information content (AvgIpc) is 3.31. The minimum absolute atomic E-state index is 0.000651. The molecule has 0 amide bonds. The highest BCUT2D eigenvalue weighted by Crippen LogP contribution is 2.79. The fraction of sp³-hybridized carbons (Fsp3) is 0. The normalized spacial score (nSPS) is 16.7. The first-order valence-electron chi connectivity index (χ1n) is 20.1. The second-order valence-corrected chi connectivity index (χ2v) is 22.0. The number of hydrogen-bond donors (Lipinski definition) is 1. The molecular weight excluding hydrogens is 900 g/mol. The van der Waals surface area contributed by atoms with Gasteiger partial charge in [-0.15, -0.1) is 0 Å². The molecule has 17 heteroatoms. The predicted molar refractivity (Wildman–Crippen MR) is 256 cm³/mol. The molecule has 0 spiro atoms. The fourth-order valence-electron chi connectivity index (χ4n) is 5.98. The van der Waals surface area contributed by atoms with Gasteiger partial charge in [-0.2, -0.15) is 0 Å². The minimum atomic E-state index is -4.45. The summed E-state index contributed by atoms with van der Waals surface area (Å²) in [6.45, 7) is 0. The second-order valence-electron chi connectivity index (χ2n) is 13.7. The second kappa shape index (κ2) is 19.7. The third-order valence-electron chi connectivity index (χ3n) is 8.74. The number of nitrogens with zero attached hydrogens (tertiary/aromatic N) is 4. The van der Waals surface area contributed by atoms with E-state index in [1.165, 1.54) is 12.1 Å². The molecular formula is C48H40N4O9P4. The van der Waals surface area contributed by atoms with Crippen LogP contribution < -0.4 is 36.2 Å². The van der Waals surface area contributed by atoms with E-state index in [1.807, 2.05) is 115 Å². The van der Waals surface area contributed by atoms with Gasteiger partial charge in [0, 0.05) is 0 Å². The van der Waals surface area contributed by atoms with Crippen molar-refractivity contribution in [3.05, 3.63) is 237 Å². The van der Waals surface area contributed by atoms with Crippen LogP contribution in [0.2, 0.25) is 0 Å². The number of phenols is 1. The van der Waals surface area contributed by atoms with Gasteiger partial charge in [-0.25, -0.2) is 0 Å². The minimum Gasteiger partial charge on any atom is -0.508 e. The summed E-state index contributed by atoms with van der Waals surface area (Å²) >= 11 is 0. The van der Waals surface area contributed by atoms with Gasteiger partial charge in [0.05, 0.1) is 0 Å². The van der Waals surface area contributed by atoms with Gasteiger partial charge in [-0.3, -0.25) is 0 Å². The molecule has 1 atom stereocenters. The summed E-state index contributed by atoms with van der Waals surface area (Å²) in [5.74, 6) is 2.49. The summed E-state index contributed by atoms with van der Waals surface area (Å²) in [4.78, 5) is 0. The maximum atomic E-state index is 10.4. The molecule has 0 bridgehead atoms. The zero-order chi connectivity index (χ0) is 44.3. The van der Waals surface area contributed by atoms with Crippen molar-refractivity contribution in [2.75, 3.05) is 0 Å². The topological polar surface area (TPSA) is 144 Å². The zero-order valence-electron chi connectivity index (χ0n) is 34.3. The van der Waals surface area contributed by atoms with Crippen LogP contribution in [0.3, 0.4) is 0 Å². The Morgan fingerprint density at radius 3 is 0.538 bits per heavy atom. The lowest BCUT2D eigenvalue weighted by atomic mass is 10.3. The summed E-state index contributed by atoms with van der Waals surface area (Å²) < 4.78 is 78.1. The van der Waals surface area contributed by atoms with E-state index in [0.29, 0.717) is 40.2 Å². The Bertz CT molecular complexity index is 2820. The highest BCUT2D eigenvalue weighted by atomic mass is 31.3. The smallest absolute Gasteiger partial charge is 0.460 e. The van der Waals surface area contributed by atoms with Crippen molar-refractivity contribution in [1.29, 1.82) is 0 Å².